The molecule has 3 heterocycles. The molecule has 0 bridgehead atoms. The molecule has 0 atom stereocenters. The number of pyridine rings is 1. The van der Waals surface area contributed by atoms with Crippen LogP contribution in [-0.2, 0) is 26.6 Å². The Bertz CT molecular complexity index is 1680. The maximum atomic E-state index is 13.3. The molecule has 1 aliphatic heterocycles. The third-order valence-corrected chi connectivity index (χ3v) is 8.14. The second-order valence-electron chi connectivity index (χ2n) is 11.1. The van der Waals surface area contributed by atoms with Crippen molar-refractivity contribution in [2.75, 3.05) is 37.4 Å². The summed E-state index contributed by atoms with van der Waals surface area (Å²) in [6, 6.07) is 13.3. The van der Waals surface area contributed by atoms with E-state index in [1.165, 1.54) is 0 Å². The second-order valence-corrected chi connectivity index (χ2v) is 11.1. The lowest BCUT2D eigenvalue weighted by Gasteiger charge is -2.21. The molecule has 3 N–H and O–H groups in total. The van der Waals surface area contributed by atoms with Crippen LogP contribution in [0, 0.1) is 20.8 Å². The summed E-state index contributed by atoms with van der Waals surface area (Å²) in [5.74, 6) is -0.156. The number of alkyl halides is 1. The zero-order valence-corrected chi connectivity index (χ0v) is 25.3. The number of amides is 2. The molecule has 5 rings (SSSR count). The van der Waals surface area contributed by atoms with E-state index in [-0.39, 0.29) is 18.4 Å². The molecule has 0 spiro atoms. The van der Waals surface area contributed by atoms with E-state index in [0.29, 0.717) is 29.4 Å². The van der Waals surface area contributed by atoms with E-state index in [0.717, 1.165) is 64.3 Å². The van der Waals surface area contributed by atoms with E-state index in [2.05, 4.69) is 37.9 Å². The van der Waals surface area contributed by atoms with Crippen LogP contribution in [0.5, 0.6) is 0 Å². The average Bonchev–Trinajstić information content (AvgIpc) is 3.31. The van der Waals surface area contributed by atoms with Crippen LogP contribution in [0.25, 0.3) is 11.1 Å². The summed E-state index contributed by atoms with van der Waals surface area (Å²) in [6.07, 6.45) is 2.52. The first-order valence-corrected chi connectivity index (χ1v) is 14.5. The van der Waals surface area contributed by atoms with Crippen molar-refractivity contribution < 1.29 is 14.0 Å². The third kappa shape index (κ3) is 6.35. The van der Waals surface area contributed by atoms with Crippen LogP contribution >= 0.6 is 0 Å². The number of nitrogens with zero attached hydrogens (tertiary/aromatic N) is 4. The van der Waals surface area contributed by atoms with E-state index in [9.17, 15) is 14.0 Å². The minimum absolute atomic E-state index is 0.246. The van der Waals surface area contributed by atoms with Crippen LogP contribution in [0.15, 0.2) is 48.7 Å². The zero-order chi connectivity index (χ0) is 30.7. The van der Waals surface area contributed by atoms with Gasteiger partial charge in [-0.05, 0) is 79.4 Å². The fraction of sp³-hybridized carbons (Fsp3) is 0.333. The number of fused-ring (bicyclic) bond motifs is 1. The Balaban J connectivity index is 1.35. The number of imidazole rings is 1. The van der Waals surface area contributed by atoms with Crippen molar-refractivity contribution >= 4 is 23.2 Å². The van der Waals surface area contributed by atoms with Gasteiger partial charge in [0.1, 0.15) is 12.4 Å². The first-order chi connectivity index (χ1) is 20.7. The summed E-state index contributed by atoms with van der Waals surface area (Å²) in [7, 11) is 3.96. The number of carbonyl (C=O) groups excluding carboxylic acids is 2. The molecule has 0 saturated heterocycles. The fourth-order valence-electron chi connectivity index (χ4n) is 5.54. The van der Waals surface area contributed by atoms with E-state index in [4.69, 9.17) is 0 Å². The van der Waals surface area contributed by atoms with E-state index < -0.39 is 6.67 Å². The number of anilines is 2. The summed E-state index contributed by atoms with van der Waals surface area (Å²) in [5.41, 5.74) is 9.27. The molecule has 0 unspecified atom stereocenters. The number of rotatable bonds is 9. The number of benzene rings is 2. The van der Waals surface area contributed by atoms with Crippen LogP contribution in [0.2, 0.25) is 0 Å². The molecule has 4 aromatic rings. The number of likely N-dealkylation sites (N-methyl/N-ethyl adjacent to an activating group) is 1. The number of halogens is 1. The molecule has 9 nitrogen and oxygen atoms in total. The topological polar surface area (TPSA) is 104 Å². The normalized spacial score (nSPS) is 13.1. The highest BCUT2D eigenvalue weighted by molar-refractivity contribution is 6.04. The molecule has 43 heavy (non-hydrogen) atoms. The van der Waals surface area contributed by atoms with Crippen LogP contribution in [-0.4, -0.2) is 58.1 Å². The third-order valence-electron chi connectivity index (χ3n) is 8.14. The van der Waals surface area contributed by atoms with Gasteiger partial charge in [-0.3, -0.25) is 14.6 Å². The van der Waals surface area contributed by atoms with Gasteiger partial charge >= 0.3 is 0 Å². The Labute approximate surface area is 251 Å². The lowest BCUT2D eigenvalue weighted by Crippen LogP contribution is -2.27. The maximum absolute atomic E-state index is 13.3. The first kappa shape index (κ1) is 30.1. The first-order valence-electron chi connectivity index (χ1n) is 14.5. The Kier molecular flexibility index (Phi) is 8.98. The largest absolute Gasteiger partial charge is 0.327 e. The van der Waals surface area contributed by atoms with Gasteiger partial charge in [0.05, 0.1) is 5.69 Å². The molecular weight excluding hydrogens is 545 g/mol. The molecule has 0 aliphatic carbocycles. The summed E-state index contributed by atoms with van der Waals surface area (Å²) >= 11 is 0. The van der Waals surface area contributed by atoms with E-state index in [1.54, 1.807) is 12.3 Å². The average molecular weight is 584 g/mol. The van der Waals surface area contributed by atoms with Crippen molar-refractivity contribution in [3.8, 4) is 11.1 Å². The van der Waals surface area contributed by atoms with E-state index in [1.807, 2.05) is 68.8 Å². The van der Waals surface area contributed by atoms with Crippen molar-refractivity contribution in [2.24, 2.45) is 7.05 Å². The van der Waals surface area contributed by atoms with Crippen molar-refractivity contribution in [2.45, 2.75) is 40.3 Å². The summed E-state index contributed by atoms with van der Waals surface area (Å²) in [6.45, 7) is 7.85. The standard InChI is InChI=1S/C33H38FN7O2/c1-20-16-28(36-18-23(20)17-35-14-13-34)32(42)38-26-10-6-8-24(21(26)2)25-9-7-11-27(22(25)3)39-33(43)31-37-29-19-40(4)15-12-30(29)41(31)5/h6-11,16,18,35H,12-15,17,19H2,1-5H3,(H,38,42)(H,39,43). The molecular formula is C33H38FN7O2. The minimum Gasteiger partial charge on any atom is -0.327 e. The van der Waals surface area contributed by atoms with Gasteiger partial charge in [-0.25, -0.2) is 9.37 Å². The molecule has 0 saturated carbocycles. The molecule has 1 aliphatic rings. The number of hydrogen-bond acceptors (Lipinski definition) is 6. The van der Waals surface area contributed by atoms with E-state index >= 15 is 0 Å². The molecule has 0 fully saturated rings. The Hall–Kier alpha value is -4.41. The molecule has 2 amide bonds. The highest BCUT2D eigenvalue weighted by Gasteiger charge is 2.24. The van der Waals surface area contributed by atoms with Crippen molar-refractivity contribution in [1.82, 2.24) is 24.8 Å². The van der Waals surface area contributed by atoms with Gasteiger partial charge in [-0.2, -0.15) is 0 Å². The number of aryl methyl sites for hydroxylation is 1. The van der Waals surface area contributed by atoms with Gasteiger partial charge in [0.25, 0.3) is 11.8 Å². The van der Waals surface area contributed by atoms with Gasteiger partial charge in [-0.15, -0.1) is 0 Å². The minimum atomic E-state index is -0.436. The number of nitrogens with one attached hydrogen (secondary N) is 3. The summed E-state index contributed by atoms with van der Waals surface area (Å²) in [4.78, 5) is 37.7. The van der Waals surface area contributed by atoms with Gasteiger partial charge in [0.2, 0.25) is 0 Å². The Morgan fingerprint density at radius 1 is 0.953 bits per heavy atom. The zero-order valence-electron chi connectivity index (χ0n) is 25.3. The van der Waals surface area contributed by atoms with Gasteiger partial charge in [-0.1, -0.05) is 24.3 Å². The highest BCUT2D eigenvalue weighted by Crippen LogP contribution is 2.34. The molecule has 0 radical (unpaired) electrons. The Morgan fingerprint density at radius 3 is 2.23 bits per heavy atom. The molecule has 2 aromatic heterocycles. The summed E-state index contributed by atoms with van der Waals surface area (Å²) in [5, 5.41) is 9.09. The SMILES string of the molecule is Cc1cc(C(=O)Nc2cccc(-c3cccc(NC(=O)c4nc5c(n4C)CCN(C)C5)c3C)c2C)ncc1CNCCF. The number of aromatic nitrogens is 3. The van der Waals surface area contributed by atoms with Gasteiger partial charge in [0.15, 0.2) is 5.82 Å². The van der Waals surface area contributed by atoms with Crippen molar-refractivity contribution in [3.05, 3.63) is 93.8 Å². The fourth-order valence-corrected chi connectivity index (χ4v) is 5.54. The quantitative estimate of drug-likeness (QED) is 0.241. The smallest absolute Gasteiger partial charge is 0.291 e. The van der Waals surface area contributed by atoms with Crippen molar-refractivity contribution in [3.63, 3.8) is 0 Å². The van der Waals surface area contributed by atoms with Crippen LogP contribution < -0.4 is 16.0 Å². The number of hydrogen-bond donors (Lipinski definition) is 3. The van der Waals surface area contributed by atoms with Crippen LogP contribution in [0.1, 0.15) is 54.7 Å². The van der Waals surface area contributed by atoms with Crippen LogP contribution in [0.3, 0.4) is 0 Å². The summed E-state index contributed by atoms with van der Waals surface area (Å²) < 4.78 is 14.3. The number of carbonyl (C=O) groups is 2. The van der Waals surface area contributed by atoms with Crippen molar-refractivity contribution in [1.29, 1.82) is 0 Å². The molecule has 10 heteroatoms. The monoisotopic (exact) mass is 583 g/mol. The second kappa shape index (κ2) is 12.8. The Morgan fingerprint density at radius 2 is 1.60 bits per heavy atom. The lowest BCUT2D eigenvalue weighted by molar-refractivity contribution is 0.100. The predicted octanol–water partition coefficient (Wildman–Crippen LogP) is 4.96. The predicted molar refractivity (Wildman–Crippen MR) is 167 cm³/mol. The van der Waals surface area contributed by atoms with Crippen LogP contribution in [0.4, 0.5) is 15.8 Å². The maximum Gasteiger partial charge on any atom is 0.291 e. The van der Waals surface area contributed by atoms with Gasteiger partial charge in [0, 0.05) is 62.9 Å². The molecule has 2 aromatic carbocycles. The molecule has 224 valence electrons. The van der Waals surface area contributed by atoms with Gasteiger partial charge < -0.3 is 25.4 Å². The highest BCUT2D eigenvalue weighted by atomic mass is 19.1. The lowest BCUT2D eigenvalue weighted by atomic mass is 9.94.